The molecule has 3 aromatic rings. The average molecular weight is 496 g/mol. The lowest BCUT2D eigenvalue weighted by Gasteiger charge is -2.21. The number of ketones is 1. The third-order valence-electron chi connectivity index (χ3n) is 6.10. The summed E-state index contributed by atoms with van der Waals surface area (Å²) in [6, 6.07) is 21.3. The number of carbonyl (C=O) groups is 3. The van der Waals surface area contributed by atoms with Crippen LogP contribution >= 0.6 is 0 Å². The van der Waals surface area contributed by atoms with Gasteiger partial charge in [0.25, 0.3) is 5.91 Å². The monoisotopic (exact) mass is 495 g/mol. The Balaban J connectivity index is 1.62. The van der Waals surface area contributed by atoms with Crippen LogP contribution in [0.2, 0.25) is 0 Å². The van der Waals surface area contributed by atoms with E-state index in [1.807, 2.05) is 36.4 Å². The third kappa shape index (κ3) is 5.67. The Bertz CT molecular complexity index is 1370. The molecule has 1 amide bonds. The SMILES string of the molecule is CCOC(=O)c1ccc(NC(=O)C2=CC(=Nc3ccc(N(CC)CC)cc3)c3ccccc3C2=O)cc1. The van der Waals surface area contributed by atoms with Crippen LogP contribution in [0, 0.1) is 0 Å². The summed E-state index contributed by atoms with van der Waals surface area (Å²) in [6.45, 7) is 8.05. The fraction of sp³-hybridized carbons (Fsp3) is 0.200. The zero-order valence-electron chi connectivity index (χ0n) is 21.2. The molecule has 4 rings (SSSR count). The van der Waals surface area contributed by atoms with Gasteiger partial charge in [-0.3, -0.25) is 9.59 Å². The van der Waals surface area contributed by atoms with Gasteiger partial charge in [-0.25, -0.2) is 9.79 Å². The second kappa shape index (κ2) is 11.5. The summed E-state index contributed by atoms with van der Waals surface area (Å²) in [4.78, 5) is 45.2. The standard InChI is InChI=1S/C30H29N3O4/c1-4-33(5-2)23-17-15-21(16-18-23)31-27-19-26(28(34)25-10-8-7-9-24(25)27)29(35)32-22-13-11-20(12-14-22)30(36)37-6-3/h7-19H,4-6H2,1-3H3,(H,32,35). The fourth-order valence-electron chi connectivity index (χ4n) is 4.16. The molecule has 0 radical (unpaired) electrons. The number of allylic oxidation sites excluding steroid dienone is 1. The number of Topliss-reactive ketones (excluding diaryl/α,β-unsaturated/α-hetero) is 1. The number of nitrogens with zero attached hydrogens (tertiary/aromatic N) is 2. The summed E-state index contributed by atoms with van der Waals surface area (Å²) in [6.07, 6.45) is 1.53. The Morgan fingerprint density at radius 3 is 2.14 bits per heavy atom. The van der Waals surface area contributed by atoms with Crippen LogP contribution in [-0.4, -0.2) is 43.1 Å². The van der Waals surface area contributed by atoms with Gasteiger partial charge in [-0.15, -0.1) is 0 Å². The van der Waals surface area contributed by atoms with Crippen LogP contribution in [0.25, 0.3) is 0 Å². The highest BCUT2D eigenvalue weighted by molar-refractivity contribution is 6.37. The van der Waals surface area contributed by atoms with E-state index in [1.165, 1.54) is 6.08 Å². The number of esters is 1. The van der Waals surface area contributed by atoms with Gasteiger partial charge in [0.2, 0.25) is 0 Å². The molecule has 188 valence electrons. The average Bonchev–Trinajstić information content (AvgIpc) is 2.92. The number of nitrogens with one attached hydrogen (secondary N) is 1. The van der Waals surface area contributed by atoms with Crippen LogP contribution in [0.5, 0.6) is 0 Å². The first kappa shape index (κ1) is 25.6. The van der Waals surface area contributed by atoms with Crippen molar-refractivity contribution < 1.29 is 19.1 Å². The largest absolute Gasteiger partial charge is 0.462 e. The minimum atomic E-state index is -0.548. The van der Waals surface area contributed by atoms with Gasteiger partial charge in [0.05, 0.1) is 29.1 Å². The van der Waals surface area contributed by atoms with E-state index in [9.17, 15) is 14.4 Å². The zero-order chi connectivity index (χ0) is 26.4. The van der Waals surface area contributed by atoms with Crippen molar-refractivity contribution >= 4 is 40.4 Å². The van der Waals surface area contributed by atoms with Crippen molar-refractivity contribution in [3.05, 3.63) is 101 Å². The van der Waals surface area contributed by atoms with Gasteiger partial charge in [0, 0.05) is 35.6 Å². The highest BCUT2D eigenvalue weighted by Gasteiger charge is 2.28. The molecular formula is C30H29N3O4. The molecule has 0 bridgehead atoms. The third-order valence-corrected chi connectivity index (χ3v) is 6.10. The van der Waals surface area contributed by atoms with Gasteiger partial charge in [-0.1, -0.05) is 24.3 Å². The molecule has 0 aliphatic heterocycles. The predicted molar refractivity (Wildman–Crippen MR) is 146 cm³/mol. The Labute approximate surface area is 216 Å². The minimum absolute atomic E-state index is 0.00770. The summed E-state index contributed by atoms with van der Waals surface area (Å²) < 4.78 is 4.99. The molecule has 37 heavy (non-hydrogen) atoms. The minimum Gasteiger partial charge on any atom is -0.462 e. The van der Waals surface area contributed by atoms with E-state index in [0.717, 1.165) is 24.5 Å². The van der Waals surface area contributed by atoms with Crippen molar-refractivity contribution in [3.8, 4) is 0 Å². The van der Waals surface area contributed by atoms with Crippen LogP contribution < -0.4 is 10.2 Å². The topological polar surface area (TPSA) is 88.1 Å². The second-order valence-electron chi connectivity index (χ2n) is 8.37. The molecule has 3 aromatic carbocycles. The lowest BCUT2D eigenvalue weighted by molar-refractivity contribution is -0.112. The van der Waals surface area contributed by atoms with Crippen molar-refractivity contribution in [2.24, 2.45) is 4.99 Å². The van der Waals surface area contributed by atoms with E-state index < -0.39 is 11.9 Å². The summed E-state index contributed by atoms with van der Waals surface area (Å²) in [5.41, 5.74) is 4.29. The molecule has 0 saturated heterocycles. The summed E-state index contributed by atoms with van der Waals surface area (Å²) in [5.74, 6) is -1.35. The lowest BCUT2D eigenvalue weighted by Crippen LogP contribution is -2.26. The van der Waals surface area contributed by atoms with Gasteiger partial charge in [0.1, 0.15) is 0 Å². The van der Waals surface area contributed by atoms with Crippen molar-refractivity contribution in [2.45, 2.75) is 20.8 Å². The number of carbonyl (C=O) groups excluding carboxylic acids is 3. The van der Waals surface area contributed by atoms with Crippen molar-refractivity contribution in [1.82, 2.24) is 0 Å². The van der Waals surface area contributed by atoms with Gasteiger partial charge < -0.3 is 15.0 Å². The van der Waals surface area contributed by atoms with E-state index in [4.69, 9.17) is 9.73 Å². The quantitative estimate of drug-likeness (QED) is 0.325. The van der Waals surface area contributed by atoms with Gasteiger partial charge in [-0.05, 0) is 75.4 Å². The summed E-state index contributed by atoms with van der Waals surface area (Å²) >= 11 is 0. The molecule has 7 nitrogen and oxygen atoms in total. The molecule has 1 N–H and O–H groups in total. The number of hydrogen-bond acceptors (Lipinski definition) is 6. The molecule has 0 unspecified atom stereocenters. The first-order chi connectivity index (χ1) is 17.9. The van der Waals surface area contributed by atoms with E-state index in [2.05, 4.69) is 24.1 Å². The highest BCUT2D eigenvalue weighted by atomic mass is 16.5. The Kier molecular flexibility index (Phi) is 7.93. The van der Waals surface area contributed by atoms with Crippen molar-refractivity contribution in [1.29, 1.82) is 0 Å². The number of rotatable bonds is 8. The smallest absolute Gasteiger partial charge is 0.338 e. The van der Waals surface area contributed by atoms with Gasteiger partial charge >= 0.3 is 5.97 Å². The lowest BCUT2D eigenvalue weighted by atomic mass is 9.88. The number of aliphatic imine (C=N–C) groups is 1. The maximum atomic E-state index is 13.2. The predicted octanol–water partition coefficient (Wildman–Crippen LogP) is 5.59. The van der Waals surface area contributed by atoms with Crippen LogP contribution in [0.3, 0.4) is 0 Å². The first-order valence-corrected chi connectivity index (χ1v) is 12.3. The molecule has 1 aliphatic rings. The number of benzene rings is 3. The van der Waals surface area contributed by atoms with Crippen LogP contribution in [0.1, 0.15) is 47.1 Å². The molecule has 0 aromatic heterocycles. The zero-order valence-corrected chi connectivity index (χ0v) is 21.2. The molecule has 7 heteroatoms. The Hall–Kier alpha value is -4.52. The molecular weight excluding hydrogens is 466 g/mol. The van der Waals surface area contributed by atoms with Gasteiger partial charge in [-0.2, -0.15) is 0 Å². The number of amides is 1. The van der Waals surface area contributed by atoms with Gasteiger partial charge in [0.15, 0.2) is 5.78 Å². The highest BCUT2D eigenvalue weighted by Crippen LogP contribution is 2.26. The van der Waals surface area contributed by atoms with E-state index >= 15 is 0 Å². The normalized spacial score (nSPS) is 13.5. The molecule has 0 fully saturated rings. The van der Waals surface area contributed by atoms with E-state index in [0.29, 0.717) is 28.1 Å². The maximum Gasteiger partial charge on any atom is 0.338 e. The molecule has 0 spiro atoms. The number of ether oxygens (including phenoxy) is 1. The van der Waals surface area contributed by atoms with Crippen LogP contribution in [-0.2, 0) is 9.53 Å². The van der Waals surface area contributed by atoms with E-state index in [1.54, 1.807) is 43.3 Å². The molecule has 0 saturated carbocycles. The summed E-state index contributed by atoms with van der Waals surface area (Å²) in [7, 11) is 0. The number of anilines is 2. The second-order valence-corrected chi connectivity index (χ2v) is 8.37. The Morgan fingerprint density at radius 1 is 0.865 bits per heavy atom. The summed E-state index contributed by atoms with van der Waals surface area (Å²) in [5, 5.41) is 2.75. The number of hydrogen-bond donors (Lipinski definition) is 1. The fourth-order valence-corrected chi connectivity index (χ4v) is 4.16. The molecule has 0 atom stereocenters. The Morgan fingerprint density at radius 2 is 1.51 bits per heavy atom. The van der Waals surface area contributed by atoms with Crippen LogP contribution in [0.15, 0.2) is 89.4 Å². The maximum absolute atomic E-state index is 13.2. The first-order valence-electron chi connectivity index (χ1n) is 12.3. The molecule has 1 aliphatic carbocycles. The van der Waals surface area contributed by atoms with E-state index in [-0.39, 0.29) is 18.0 Å². The molecule has 0 heterocycles. The van der Waals surface area contributed by atoms with Crippen LogP contribution in [0.4, 0.5) is 17.1 Å². The van der Waals surface area contributed by atoms with Crippen molar-refractivity contribution in [3.63, 3.8) is 0 Å². The number of fused-ring (bicyclic) bond motifs is 1. The van der Waals surface area contributed by atoms with Crippen molar-refractivity contribution in [2.75, 3.05) is 29.9 Å².